The Morgan fingerprint density at radius 3 is 1.84 bits per heavy atom. The summed E-state index contributed by atoms with van der Waals surface area (Å²) in [5.41, 5.74) is 9.49. The molecule has 1 nitrogen and oxygen atoms in total. The van der Waals surface area contributed by atoms with Crippen molar-refractivity contribution >= 4 is 21.7 Å². The first kappa shape index (κ1) is 16.7. The molecule has 0 atom stereocenters. The quantitative estimate of drug-likeness (QED) is 0.272. The van der Waals surface area contributed by atoms with Crippen LogP contribution in [0.25, 0.3) is 66.4 Å². The molecule has 1 heteroatoms. The first-order valence-corrected chi connectivity index (χ1v) is 10.6. The molecule has 7 rings (SSSR count). The maximum atomic E-state index is 6.74. The maximum absolute atomic E-state index is 6.74. The van der Waals surface area contributed by atoms with E-state index in [4.69, 9.17) is 4.42 Å². The highest BCUT2D eigenvalue weighted by Crippen LogP contribution is 2.53. The molecular formula is C30H18O. The predicted molar refractivity (Wildman–Crippen MR) is 129 cm³/mol. The molecule has 0 radical (unpaired) electrons. The molecule has 6 aromatic rings. The molecule has 0 fully saturated rings. The van der Waals surface area contributed by atoms with Crippen LogP contribution in [0.3, 0.4) is 0 Å². The third kappa shape index (κ3) is 2.26. The lowest BCUT2D eigenvalue weighted by Crippen LogP contribution is -1.86. The Kier molecular flexibility index (Phi) is 3.33. The first-order chi connectivity index (χ1) is 15.4. The zero-order chi connectivity index (χ0) is 20.4. The average molecular weight is 394 g/mol. The minimum atomic E-state index is 0.938. The Hall–Kier alpha value is -4.10. The molecule has 144 valence electrons. The van der Waals surface area contributed by atoms with E-state index in [0.717, 1.165) is 22.3 Å². The summed E-state index contributed by atoms with van der Waals surface area (Å²) in [6, 6.07) is 38.8. The Labute approximate surface area is 180 Å². The zero-order valence-corrected chi connectivity index (χ0v) is 16.8. The molecule has 5 aromatic carbocycles. The SMILES string of the molecule is c1ccc(-c2oc3c4c(cc5ccccc53)-c3ccccc3-c3ccccc3-c24)cc1. The molecular weight excluding hydrogens is 376 g/mol. The van der Waals surface area contributed by atoms with E-state index in [1.54, 1.807) is 0 Å². The van der Waals surface area contributed by atoms with Gasteiger partial charge in [-0.05, 0) is 39.3 Å². The molecule has 1 aromatic heterocycles. The smallest absolute Gasteiger partial charge is 0.143 e. The fraction of sp³-hybridized carbons (Fsp3) is 0. The van der Waals surface area contributed by atoms with Gasteiger partial charge in [0, 0.05) is 21.9 Å². The van der Waals surface area contributed by atoms with E-state index in [9.17, 15) is 0 Å². The lowest BCUT2D eigenvalue weighted by atomic mass is 9.93. The molecule has 0 bridgehead atoms. The third-order valence-corrected chi connectivity index (χ3v) is 6.42. The van der Waals surface area contributed by atoms with Crippen molar-refractivity contribution in [3.63, 3.8) is 0 Å². The van der Waals surface area contributed by atoms with Gasteiger partial charge in [0.15, 0.2) is 0 Å². The van der Waals surface area contributed by atoms with Gasteiger partial charge in [0.25, 0.3) is 0 Å². The highest BCUT2D eigenvalue weighted by molar-refractivity contribution is 6.22. The van der Waals surface area contributed by atoms with Gasteiger partial charge in [-0.1, -0.05) is 103 Å². The van der Waals surface area contributed by atoms with Gasteiger partial charge in [0.05, 0.1) is 0 Å². The van der Waals surface area contributed by atoms with E-state index in [0.29, 0.717) is 0 Å². The summed E-state index contributed by atoms with van der Waals surface area (Å²) in [7, 11) is 0. The lowest BCUT2D eigenvalue weighted by molar-refractivity contribution is 0.636. The van der Waals surface area contributed by atoms with Gasteiger partial charge in [-0.25, -0.2) is 0 Å². The van der Waals surface area contributed by atoms with Crippen LogP contribution in [0.2, 0.25) is 0 Å². The van der Waals surface area contributed by atoms with Crippen molar-refractivity contribution in [3.8, 4) is 44.7 Å². The molecule has 1 heterocycles. The van der Waals surface area contributed by atoms with E-state index in [1.807, 2.05) is 0 Å². The fourth-order valence-electron chi connectivity index (χ4n) is 5.09. The van der Waals surface area contributed by atoms with Gasteiger partial charge in [-0.3, -0.25) is 0 Å². The van der Waals surface area contributed by atoms with Crippen LogP contribution < -0.4 is 0 Å². The van der Waals surface area contributed by atoms with E-state index >= 15 is 0 Å². The first-order valence-electron chi connectivity index (χ1n) is 10.6. The van der Waals surface area contributed by atoms with E-state index in [2.05, 4.69) is 109 Å². The van der Waals surface area contributed by atoms with Crippen LogP contribution in [0.4, 0.5) is 0 Å². The molecule has 0 unspecified atom stereocenters. The summed E-state index contributed by atoms with van der Waals surface area (Å²) in [5.74, 6) is 0.938. The molecule has 1 aliphatic rings. The second-order valence-electron chi connectivity index (χ2n) is 8.11. The number of hydrogen-bond acceptors (Lipinski definition) is 1. The van der Waals surface area contributed by atoms with Crippen LogP contribution in [0.5, 0.6) is 0 Å². The highest BCUT2D eigenvalue weighted by Gasteiger charge is 2.28. The summed E-state index contributed by atoms with van der Waals surface area (Å²) >= 11 is 0. The van der Waals surface area contributed by atoms with Gasteiger partial charge in [0.1, 0.15) is 11.3 Å². The van der Waals surface area contributed by atoms with Crippen molar-refractivity contribution in [1.82, 2.24) is 0 Å². The van der Waals surface area contributed by atoms with Gasteiger partial charge >= 0.3 is 0 Å². The molecule has 0 N–H and O–H groups in total. The number of fused-ring (bicyclic) bond motifs is 7. The lowest BCUT2D eigenvalue weighted by Gasteiger charge is -2.11. The minimum Gasteiger partial charge on any atom is -0.455 e. The van der Waals surface area contributed by atoms with Crippen LogP contribution in [-0.4, -0.2) is 0 Å². The Morgan fingerprint density at radius 1 is 0.484 bits per heavy atom. The highest BCUT2D eigenvalue weighted by atomic mass is 16.3. The van der Waals surface area contributed by atoms with Crippen molar-refractivity contribution in [2.45, 2.75) is 0 Å². The van der Waals surface area contributed by atoms with E-state index < -0.39 is 0 Å². The van der Waals surface area contributed by atoms with Crippen molar-refractivity contribution in [2.75, 3.05) is 0 Å². The van der Waals surface area contributed by atoms with Gasteiger partial charge in [0.2, 0.25) is 0 Å². The summed E-state index contributed by atoms with van der Waals surface area (Å²) in [6.45, 7) is 0. The Morgan fingerprint density at radius 2 is 1.06 bits per heavy atom. The van der Waals surface area contributed by atoms with Crippen LogP contribution in [0.1, 0.15) is 0 Å². The summed E-state index contributed by atoms with van der Waals surface area (Å²) < 4.78 is 6.74. The number of hydrogen-bond donors (Lipinski definition) is 0. The van der Waals surface area contributed by atoms with Crippen molar-refractivity contribution in [1.29, 1.82) is 0 Å². The molecule has 0 saturated carbocycles. The monoisotopic (exact) mass is 394 g/mol. The maximum Gasteiger partial charge on any atom is 0.143 e. The van der Waals surface area contributed by atoms with Gasteiger partial charge < -0.3 is 4.42 Å². The Bertz CT molecular complexity index is 1620. The van der Waals surface area contributed by atoms with E-state index in [-0.39, 0.29) is 0 Å². The summed E-state index contributed by atoms with van der Waals surface area (Å²) in [4.78, 5) is 0. The molecule has 31 heavy (non-hydrogen) atoms. The van der Waals surface area contributed by atoms with E-state index in [1.165, 1.54) is 44.2 Å². The second kappa shape index (κ2) is 6.20. The molecule has 0 aliphatic heterocycles. The topological polar surface area (TPSA) is 13.1 Å². The standard InChI is InChI=1S/C30H18O/c1-2-10-19(11-3-1)29-27-25-17-9-8-15-23(25)22-14-6-7-16-24(22)26-18-20-12-4-5-13-21(20)30(31-29)28(26)27/h1-18H. The molecule has 0 amide bonds. The van der Waals surface area contributed by atoms with Crippen molar-refractivity contribution in [3.05, 3.63) is 109 Å². The number of furan rings is 1. The van der Waals surface area contributed by atoms with Gasteiger partial charge in [-0.2, -0.15) is 0 Å². The molecule has 0 saturated heterocycles. The van der Waals surface area contributed by atoms with Gasteiger partial charge in [-0.15, -0.1) is 0 Å². The van der Waals surface area contributed by atoms with Crippen LogP contribution in [-0.2, 0) is 0 Å². The number of rotatable bonds is 1. The van der Waals surface area contributed by atoms with Crippen LogP contribution >= 0.6 is 0 Å². The van der Waals surface area contributed by atoms with Crippen LogP contribution in [0, 0.1) is 0 Å². The van der Waals surface area contributed by atoms with Crippen molar-refractivity contribution < 1.29 is 4.42 Å². The Balaban J connectivity index is 1.78. The molecule has 0 spiro atoms. The summed E-state index contributed by atoms with van der Waals surface area (Å²) in [5, 5.41) is 3.56. The predicted octanol–water partition coefficient (Wildman–Crippen LogP) is 8.57. The summed E-state index contributed by atoms with van der Waals surface area (Å²) in [6.07, 6.45) is 0. The van der Waals surface area contributed by atoms with Crippen LogP contribution in [0.15, 0.2) is 114 Å². The second-order valence-corrected chi connectivity index (χ2v) is 8.11. The average Bonchev–Trinajstić information content (AvgIpc) is 3.20. The largest absolute Gasteiger partial charge is 0.455 e. The fourth-order valence-corrected chi connectivity index (χ4v) is 5.09. The minimum absolute atomic E-state index is 0.938. The normalized spacial score (nSPS) is 11.9. The molecule has 1 aliphatic carbocycles. The number of benzene rings is 5. The zero-order valence-electron chi connectivity index (χ0n) is 16.8. The van der Waals surface area contributed by atoms with Crippen molar-refractivity contribution in [2.24, 2.45) is 0 Å². The third-order valence-electron chi connectivity index (χ3n) is 6.42.